The number of aromatic nitrogens is 1. The van der Waals surface area contributed by atoms with Crippen LogP contribution in [0.15, 0.2) is 0 Å². The lowest BCUT2D eigenvalue weighted by Crippen LogP contribution is -2.53. The minimum atomic E-state index is -0.256. The third-order valence-corrected chi connectivity index (χ3v) is 4.27. The zero-order chi connectivity index (χ0) is 14.0. The van der Waals surface area contributed by atoms with Crippen molar-refractivity contribution < 1.29 is 9.53 Å². The molecule has 7 heteroatoms. The van der Waals surface area contributed by atoms with E-state index in [4.69, 9.17) is 27.9 Å². The lowest BCUT2D eigenvalue weighted by molar-refractivity contribution is 0.0475. The van der Waals surface area contributed by atoms with Crippen molar-refractivity contribution in [3.8, 4) is 0 Å². The van der Waals surface area contributed by atoms with Crippen LogP contribution in [0.4, 0.5) is 0 Å². The summed E-state index contributed by atoms with van der Waals surface area (Å²) in [5.41, 5.74) is 0.989. The van der Waals surface area contributed by atoms with Gasteiger partial charge in [-0.25, -0.2) is 0 Å². The van der Waals surface area contributed by atoms with Crippen LogP contribution in [0.3, 0.4) is 0 Å². The van der Waals surface area contributed by atoms with Gasteiger partial charge in [0.2, 0.25) is 0 Å². The average molecular weight is 306 g/mol. The molecule has 5 nitrogen and oxygen atoms in total. The number of ether oxygens (including phenoxy) is 1. The second-order valence-corrected chi connectivity index (χ2v) is 5.36. The molecular weight excluding hydrogens is 289 g/mol. The first-order valence-corrected chi connectivity index (χ1v) is 6.88. The van der Waals surface area contributed by atoms with Crippen LogP contribution < -0.4 is 10.6 Å². The molecule has 1 saturated heterocycles. The van der Waals surface area contributed by atoms with E-state index in [2.05, 4.69) is 15.6 Å². The summed E-state index contributed by atoms with van der Waals surface area (Å²) in [6.45, 7) is 3.34. The highest BCUT2D eigenvalue weighted by Gasteiger charge is 2.28. The minimum absolute atomic E-state index is 0.0304. The number of hydrogen-bond acceptors (Lipinski definition) is 3. The number of carbonyl (C=O) groups is 1. The fraction of sp³-hybridized carbons (Fsp3) is 0.583. The Hall–Kier alpha value is -0.750. The third-order valence-electron chi connectivity index (χ3n) is 3.33. The molecule has 2 rings (SSSR count). The van der Waals surface area contributed by atoms with E-state index in [1.807, 2.05) is 0 Å². The lowest BCUT2D eigenvalue weighted by Gasteiger charge is -2.31. The van der Waals surface area contributed by atoms with Gasteiger partial charge >= 0.3 is 0 Å². The van der Waals surface area contributed by atoms with Gasteiger partial charge in [-0.3, -0.25) is 4.79 Å². The van der Waals surface area contributed by atoms with E-state index in [0.717, 1.165) is 19.5 Å². The van der Waals surface area contributed by atoms with E-state index in [0.29, 0.717) is 16.4 Å². The van der Waals surface area contributed by atoms with E-state index < -0.39 is 0 Å². The molecule has 0 saturated carbocycles. The maximum absolute atomic E-state index is 12.2. The molecule has 3 N–H and O–H groups in total. The van der Waals surface area contributed by atoms with Gasteiger partial charge in [-0.15, -0.1) is 0 Å². The number of amides is 1. The fourth-order valence-electron chi connectivity index (χ4n) is 2.21. The average Bonchev–Trinajstić information content (AvgIpc) is 2.67. The first-order valence-electron chi connectivity index (χ1n) is 6.12. The largest absolute Gasteiger partial charge is 0.378 e. The maximum Gasteiger partial charge on any atom is 0.269 e. The third kappa shape index (κ3) is 3.05. The number of nitrogens with one attached hydrogen (secondary N) is 3. The van der Waals surface area contributed by atoms with E-state index in [1.54, 1.807) is 14.0 Å². The Balaban J connectivity index is 2.09. The Morgan fingerprint density at radius 1 is 1.42 bits per heavy atom. The van der Waals surface area contributed by atoms with E-state index in [-0.39, 0.29) is 23.1 Å². The van der Waals surface area contributed by atoms with Gasteiger partial charge in [0.05, 0.1) is 22.2 Å². The lowest BCUT2D eigenvalue weighted by atomic mass is 10.0. The van der Waals surface area contributed by atoms with Crippen molar-refractivity contribution in [2.45, 2.75) is 25.5 Å². The summed E-state index contributed by atoms with van der Waals surface area (Å²) in [6, 6.07) is -0.0304. The topological polar surface area (TPSA) is 66.2 Å². The van der Waals surface area contributed by atoms with Crippen LogP contribution in [-0.4, -0.2) is 43.2 Å². The quantitative estimate of drug-likeness (QED) is 0.797. The molecular formula is C12H17Cl2N3O2. The molecule has 0 aliphatic carbocycles. The van der Waals surface area contributed by atoms with Gasteiger partial charge in [0.15, 0.2) is 0 Å². The van der Waals surface area contributed by atoms with Gasteiger partial charge in [-0.2, -0.15) is 0 Å². The SMILES string of the molecule is CO[C@H]1CNCC[C@@H]1NC(=O)c1[nH]c(C)c(Cl)c1Cl. The van der Waals surface area contributed by atoms with Crippen molar-refractivity contribution in [1.82, 2.24) is 15.6 Å². The van der Waals surface area contributed by atoms with E-state index in [9.17, 15) is 4.79 Å². The standard InChI is InChI=1S/C12H17Cl2N3O2/c1-6-9(13)10(14)11(16-6)12(18)17-7-3-4-15-5-8(7)19-2/h7-8,15-16H,3-5H2,1-2H3,(H,17,18)/t7-,8-/m0/s1. The molecule has 1 aromatic rings. The first-order chi connectivity index (χ1) is 9.04. The van der Waals surface area contributed by atoms with Gasteiger partial charge in [0.25, 0.3) is 5.91 Å². The van der Waals surface area contributed by atoms with E-state index >= 15 is 0 Å². The molecule has 0 aromatic carbocycles. The Bertz CT molecular complexity index is 476. The van der Waals surface area contributed by atoms with Crippen LogP contribution in [-0.2, 0) is 4.74 Å². The van der Waals surface area contributed by atoms with Gasteiger partial charge in [-0.1, -0.05) is 23.2 Å². The molecule has 1 amide bonds. The smallest absolute Gasteiger partial charge is 0.269 e. The van der Waals surface area contributed by atoms with Gasteiger partial charge < -0.3 is 20.4 Å². The zero-order valence-electron chi connectivity index (χ0n) is 10.8. The summed E-state index contributed by atoms with van der Waals surface area (Å²) in [5, 5.41) is 6.81. The van der Waals surface area contributed by atoms with Gasteiger partial charge in [0.1, 0.15) is 5.69 Å². The Labute approximate surface area is 122 Å². The monoisotopic (exact) mass is 305 g/mol. The van der Waals surface area contributed by atoms with Crippen LogP contribution >= 0.6 is 23.2 Å². The number of aromatic amines is 1. The number of methoxy groups -OCH3 is 1. The van der Waals surface area contributed by atoms with Crippen molar-refractivity contribution in [2.75, 3.05) is 20.2 Å². The highest BCUT2D eigenvalue weighted by molar-refractivity contribution is 6.44. The first kappa shape index (κ1) is 14.7. The normalized spacial score (nSPS) is 23.4. The second kappa shape index (κ2) is 6.13. The molecule has 0 bridgehead atoms. The Morgan fingerprint density at radius 2 is 2.16 bits per heavy atom. The Morgan fingerprint density at radius 3 is 2.74 bits per heavy atom. The van der Waals surface area contributed by atoms with Crippen LogP contribution in [0.5, 0.6) is 0 Å². The number of hydrogen-bond donors (Lipinski definition) is 3. The zero-order valence-corrected chi connectivity index (χ0v) is 12.4. The van der Waals surface area contributed by atoms with Crippen molar-refractivity contribution in [2.24, 2.45) is 0 Å². The predicted octanol–water partition coefficient (Wildman–Crippen LogP) is 1.74. The van der Waals surface area contributed by atoms with Crippen molar-refractivity contribution in [3.63, 3.8) is 0 Å². The molecule has 2 heterocycles. The second-order valence-electron chi connectivity index (χ2n) is 4.60. The minimum Gasteiger partial charge on any atom is -0.378 e. The number of rotatable bonds is 3. The molecule has 1 aliphatic rings. The molecule has 2 atom stereocenters. The highest BCUT2D eigenvalue weighted by Crippen LogP contribution is 2.29. The summed E-state index contributed by atoms with van der Waals surface area (Å²) < 4.78 is 5.35. The van der Waals surface area contributed by atoms with Gasteiger partial charge in [-0.05, 0) is 19.9 Å². The van der Waals surface area contributed by atoms with E-state index in [1.165, 1.54) is 0 Å². The molecule has 0 unspecified atom stereocenters. The van der Waals surface area contributed by atoms with Crippen LogP contribution in [0, 0.1) is 6.92 Å². The fourth-order valence-corrected chi connectivity index (χ4v) is 2.63. The maximum atomic E-state index is 12.2. The summed E-state index contributed by atoms with van der Waals surface area (Å²) in [6.07, 6.45) is 0.776. The molecule has 1 aromatic heterocycles. The summed E-state index contributed by atoms with van der Waals surface area (Å²) in [5.74, 6) is -0.256. The molecule has 1 fully saturated rings. The number of aryl methyl sites for hydroxylation is 1. The van der Waals surface area contributed by atoms with Crippen LogP contribution in [0.1, 0.15) is 22.6 Å². The molecule has 0 radical (unpaired) electrons. The van der Waals surface area contributed by atoms with Crippen LogP contribution in [0.25, 0.3) is 0 Å². The van der Waals surface area contributed by atoms with Crippen LogP contribution in [0.2, 0.25) is 10.0 Å². The molecule has 19 heavy (non-hydrogen) atoms. The van der Waals surface area contributed by atoms with Gasteiger partial charge in [0, 0.05) is 19.3 Å². The number of piperidine rings is 1. The van der Waals surface area contributed by atoms with Crippen molar-refractivity contribution in [1.29, 1.82) is 0 Å². The van der Waals surface area contributed by atoms with Crippen molar-refractivity contribution >= 4 is 29.1 Å². The highest BCUT2D eigenvalue weighted by atomic mass is 35.5. The molecule has 1 aliphatic heterocycles. The summed E-state index contributed by atoms with van der Waals surface area (Å²) in [7, 11) is 1.64. The predicted molar refractivity (Wildman–Crippen MR) is 75.1 cm³/mol. The summed E-state index contributed by atoms with van der Waals surface area (Å²) >= 11 is 12.0. The van der Waals surface area contributed by atoms with Crippen molar-refractivity contribution in [3.05, 3.63) is 21.4 Å². The molecule has 0 spiro atoms. The Kier molecular flexibility index (Phi) is 4.73. The number of H-pyrrole nitrogens is 1. The number of carbonyl (C=O) groups excluding carboxylic acids is 1. The number of halogens is 2. The summed E-state index contributed by atoms with van der Waals surface area (Å²) in [4.78, 5) is 15.1. The molecule has 106 valence electrons.